The van der Waals surface area contributed by atoms with Crippen molar-refractivity contribution >= 4 is 5.97 Å². The highest BCUT2D eigenvalue weighted by molar-refractivity contribution is 5.72. The summed E-state index contributed by atoms with van der Waals surface area (Å²) in [5, 5.41) is 4.18. The zero-order valence-corrected chi connectivity index (χ0v) is 19.2. The van der Waals surface area contributed by atoms with Gasteiger partial charge in [-0.15, -0.1) is 0 Å². The van der Waals surface area contributed by atoms with Crippen LogP contribution in [0.5, 0.6) is 0 Å². The highest BCUT2D eigenvalue weighted by atomic mass is 19.2. The normalized spacial score (nSPS) is 13.8. The smallest absolute Gasteiger partial charge is 0.310 e. The van der Waals surface area contributed by atoms with Crippen LogP contribution in [0.3, 0.4) is 0 Å². The monoisotopic (exact) mass is 485 g/mol. The number of esters is 1. The lowest BCUT2D eigenvalue weighted by atomic mass is 10.1. The third kappa shape index (κ3) is 6.57. The molecule has 0 saturated carbocycles. The fourth-order valence-electron chi connectivity index (χ4n) is 4.13. The van der Waals surface area contributed by atoms with E-state index in [0.717, 1.165) is 48.4 Å². The predicted octanol–water partition coefficient (Wildman–Crippen LogP) is 3.95. The average molecular weight is 486 g/mol. The third-order valence-electron chi connectivity index (χ3n) is 5.90. The van der Waals surface area contributed by atoms with Crippen LogP contribution in [-0.2, 0) is 22.5 Å². The summed E-state index contributed by atoms with van der Waals surface area (Å²) in [6.07, 6.45) is 3.36. The van der Waals surface area contributed by atoms with Crippen molar-refractivity contribution in [2.75, 3.05) is 26.2 Å². The van der Waals surface area contributed by atoms with E-state index in [-0.39, 0.29) is 30.2 Å². The zero-order chi connectivity index (χ0) is 24.8. The van der Waals surface area contributed by atoms with Gasteiger partial charge >= 0.3 is 5.97 Å². The molecule has 1 aromatic heterocycles. The maximum Gasteiger partial charge on any atom is 0.310 e. The number of halogens is 3. The summed E-state index contributed by atoms with van der Waals surface area (Å²) >= 11 is 0. The van der Waals surface area contributed by atoms with Gasteiger partial charge in [0.15, 0.2) is 17.5 Å². The number of rotatable bonds is 9. The number of hydrogen-bond donors (Lipinski definition) is 0. The molecule has 2 heterocycles. The quantitative estimate of drug-likeness (QED) is 0.261. The van der Waals surface area contributed by atoms with E-state index in [1.54, 1.807) is 24.3 Å². The van der Waals surface area contributed by atoms with Crippen molar-refractivity contribution < 1.29 is 22.7 Å². The lowest BCUT2D eigenvalue weighted by Gasteiger charge is -2.14. The molecule has 0 amide bonds. The standard InChI is InChI=1S/C26H26F3N3O3/c27-21-15-20(16-22(28)26(21)29)23-7-8-24(33)32(30-23)17-19-6-3-5-18(13-19)14-25(34)35-12-4-11-31-9-1-2-10-31/h3,5-8,13,15-16H,1-2,4,9-12,14,17H2. The van der Waals surface area contributed by atoms with E-state index in [0.29, 0.717) is 12.2 Å². The summed E-state index contributed by atoms with van der Waals surface area (Å²) < 4.78 is 47.0. The molecule has 0 bridgehead atoms. The van der Waals surface area contributed by atoms with Gasteiger partial charge in [0.05, 0.1) is 25.3 Å². The van der Waals surface area contributed by atoms with Crippen molar-refractivity contribution in [1.82, 2.24) is 14.7 Å². The number of benzene rings is 2. The number of hydrogen-bond acceptors (Lipinski definition) is 5. The number of aromatic nitrogens is 2. The van der Waals surface area contributed by atoms with Crippen molar-refractivity contribution in [1.29, 1.82) is 0 Å². The first-order chi connectivity index (χ1) is 16.9. The SMILES string of the molecule is O=C(Cc1cccc(Cn2nc(-c3cc(F)c(F)c(F)c3)ccc2=O)c1)OCCCN1CCCC1. The molecular weight excluding hydrogens is 459 g/mol. The fourth-order valence-corrected chi connectivity index (χ4v) is 4.13. The van der Waals surface area contributed by atoms with Crippen molar-refractivity contribution in [2.24, 2.45) is 0 Å². The van der Waals surface area contributed by atoms with E-state index in [1.807, 2.05) is 0 Å². The van der Waals surface area contributed by atoms with Crippen LogP contribution in [0.15, 0.2) is 53.3 Å². The van der Waals surface area contributed by atoms with Gasteiger partial charge in [0, 0.05) is 18.2 Å². The summed E-state index contributed by atoms with van der Waals surface area (Å²) in [5.41, 5.74) is 1.17. The first-order valence-electron chi connectivity index (χ1n) is 11.6. The van der Waals surface area contributed by atoms with Crippen LogP contribution in [0.25, 0.3) is 11.3 Å². The second-order valence-electron chi connectivity index (χ2n) is 8.59. The first-order valence-corrected chi connectivity index (χ1v) is 11.6. The molecule has 35 heavy (non-hydrogen) atoms. The van der Waals surface area contributed by atoms with Crippen molar-refractivity contribution in [2.45, 2.75) is 32.2 Å². The van der Waals surface area contributed by atoms with Gasteiger partial charge in [0.1, 0.15) is 0 Å². The van der Waals surface area contributed by atoms with Gasteiger partial charge in [-0.05, 0) is 61.7 Å². The minimum atomic E-state index is -1.57. The molecule has 3 aromatic rings. The van der Waals surface area contributed by atoms with Gasteiger partial charge in [0.2, 0.25) is 0 Å². The Labute approximate surface area is 200 Å². The van der Waals surface area contributed by atoms with E-state index >= 15 is 0 Å². The molecule has 0 atom stereocenters. The molecule has 0 radical (unpaired) electrons. The van der Waals surface area contributed by atoms with Crippen LogP contribution in [0.2, 0.25) is 0 Å². The first kappa shape index (κ1) is 24.7. The largest absolute Gasteiger partial charge is 0.465 e. The molecule has 1 saturated heterocycles. The highest BCUT2D eigenvalue weighted by Gasteiger charge is 2.14. The molecule has 184 valence electrons. The molecule has 0 aliphatic carbocycles. The van der Waals surface area contributed by atoms with Crippen molar-refractivity contribution in [3.8, 4) is 11.3 Å². The predicted molar refractivity (Wildman–Crippen MR) is 124 cm³/mol. The lowest BCUT2D eigenvalue weighted by Crippen LogP contribution is -2.23. The van der Waals surface area contributed by atoms with Gasteiger partial charge in [0.25, 0.3) is 5.56 Å². The maximum atomic E-state index is 13.6. The van der Waals surface area contributed by atoms with Gasteiger partial charge < -0.3 is 9.64 Å². The molecule has 0 unspecified atom stereocenters. The van der Waals surface area contributed by atoms with E-state index in [9.17, 15) is 22.8 Å². The van der Waals surface area contributed by atoms with E-state index < -0.39 is 23.0 Å². The van der Waals surface area contributed by atoms with Crippen molar-refractivity contribution in [3.05, 3.63) is 87.5 Å². The minimum absolute atomic E-state index is 0.0105. The molecule has 4 rings (SSSR count). The number of likely N-dealkylation sites (tertiary alicyclic amines) is 1. The fraction of sp³-hybridized carbons (Fsp3) is 0.346. The minimum Gasteiger partial charge on any atom is -0.465 e. The Kier molecular flexibility index (Phi) is 7.97. The van der Waals surface area contributed by atoms with Crippen LogP contribution in [-0.4, -0.2) is 46.9 Å². The zero-order valence-electron chi connectivity index (χ0n) is 19.2. The number of ether oxygens (including phenoxy) is 1. The maximum absolute atomic E-state index is 13.6. The third-order valence-corrected chi connectivity index (χ3v) is 5.90. The van der Waals surface area contributed by atoms with Crippen molar-refractivity contribution in [3.63, 3.8) is 0 Å². The Morgan fingerprint density at radius 3 is 2.43 bits per heavy atom. The second-order valence-corrected chi connectivity index (χ2v) is 8.59. The van der Waals surface area contributed by atoms with Crippen LogP contribution >= 0.6 is 0 Å². The highest BCUT2D eigenvalue weighted by Crippen LogP contribution is 2.21. The van der Waals surface area contributed by atoms with E-state index in [1.165, 1.54) is 25.0 Å². The molecule has 1 aliphatic rings. The van der Waals surface area contributed by atoms with Crippen LogP contribution in [0, 0.1) is 17.5 Å². The molecule has 1 aliphatic heterocycles. The van der Waals surface area contributed by atoms with E-state index in [2.05, 4.69) is 10.00 Å². The van der Waals surface area contributed by atoms with Crippen LogP contribution in [0.1, 0.15) is 30.4 Å². The second kappa shape index (κ2) is 11.3. The number of nitrogens with zero attached hydrogens (tertiary/aromatic N) is 3. The molecular formula is C26H26F3N3O3. The average Bonchev–Trinajstić information content (AvgIpc) is 3.35. The Morgan fingerprint density at radius 1 is 0.971 bits per heavy atom. The Balaban J connectivity index is 1.38. The van der Waals surface area contributed by atoms with Gasteiger partial charge in [-0.2, -0.15) is 5.10 Å². The number of carbonyl (C=O) groups excluding carboxylic acids is 1. The Hall–Kier alpha value is -3.46. The summed E-state index contributed by atoms with van der Waals surface area (Å²) in [6, 6.07) is 11.3. The molecule has 6 nitrogen and oxygen atoms in total. The molecule has 1 fully saturated rings. The van der Waals surface area contributed by atoms with E-state index in [4.69, 9.17) is 4.74 Å². The Bertz CT molecular complexity index is 1230. The molecule has 0 N–H and O–H groups in total. The summed E-state index contributed by atoms with van der Waals surface area (Å²) in [7, 11) is 0. The topological polar surface area (TPSA) is 64.4 Å². The van der Waals surface area contributed by atoms with Crippen LogP contribution < -0.4 is 5.56 Å². The van der Waals surface area contributed by atoms with Gasteiger partial charge in [-0.1, -0.05) is 24.3 Å². The van der Waals surface area contributed by atoms with Crippen LogP contribution in [0.4, 0.5) is 13.2 Å². The van der Waals surface area contributed by atoms with Gasteiger partial charge in [-0.3, -0.25) is 9.59 Å². The molecule has 0 spiro atoms. The molecule has 2 aromatic carbocycles. The molecule has 9 heteroatoms. The summed E-state index contributed by atoms with van der Waals surface area (Å²) in [6.45, 7) is 3.61. The number of carbonyl (C=O) groups is 1. The summed E-state index contributed by atoms with van der Waals surface area (Å²) in [5.74, 6) is -4.56. The lowest BCUT2D eigenvalue weighted by molar-refractivity contribution is -0.143. The Morgan fingerprint density at radius 2 is 1.69 bits per heavy atom. The summed E-state index contributed by atoms with van der Waals surface area (Å²) in [4.78, 5) is 26.9. The van der Waals surface area contributed by atoms with Gasteiger partial charge in [-0.25, -0.2) is 17.9 Å².